The summed E-state index contributed by atoms with van der Waals surface area (Å²) in [6, 6.07) is 10.5. The Morgan fingerprint density at radius 2 is 2.00 bits per heavy atom. The fourth-order valence-electron chi connectivity index (χ4n) is 3.37. The van der Waals surface area contributed by atoms with E-state index in [9.17, 15) is 17.6 Å². The van der Waals surface area contributed by atoms with Gasteiger partial charge in [0.2, 0.25) is 0 Å². The highest BCUT2D eigenvalue weighted by Gasteiger charge is 2.18. The van der Waals surface area contributed by atoms with E-state index in [0.717, 1.165) is 12.5 Å². The van der Waals surface area contributed by atoms with Crippen molar-refractivity contribution in [2.45, 2.75) is 11.5 Å². The summed E-state index contributed by atoms with van der Waals surface area (Å²) >= 11 is 6.03. The molecule has 0 radical (unpaired) electrons. The number of aryl methyl sites for hydroxylation is 1. The fraction of sp³-hybridized carbons (Fsp3) is 0.125. The molecule has 0 atom stereocenters. The number of halogens is 2. The van der Waals surface area contributed by atoms with Crippen LogP contribution in [0.25, 0.3) is 11.4 Å². The van der Waals surface area contributed by atoms with Gasteiger partial charge >= 0.3 is 0 Å². The summed E-state index contributed by atoms with van der Waals surface area (Å²) < 4.78 is 44.7. The molecule has 0 aliphatic heterocycles. The number of benzene rings is 1. The summed E-state index contributed by atoms with van der Waals surface area (Å²) in [5.74, 6) is -0.477. The van der Waals surface area contributed by atoms with E-state index in [4.69, 9.17) is 16.3 Å². The lowest BCUT2D eigenvalue weighted by molar-refractivity contribution is 0.102. The lowest BCUT2D eigenvalue weighted by atomic mass is 10.2. The predicted molar refractivity (Wildman–Crippen MR) is 130 cm³/mol. The van der Waals surface area contributed by atoms with Crippen molar-refractivity contribution in [3.63, 3.8) is 0 Å². The van der Waals surface area contributed by atoms with Crippen molar-refractivity contribution in [1.29, 1.82) is 0 Å². The second-order valence-electron chi connectivity index (χ2n) is 7.78. The zero-order chi connectivity index (χ0) is 25.2. The van der Waals surface area contributed by atoms with Gasteiger partial charge in [-0.25, -0.2) is 12.8 Å². The highest BCUT2D eigenvalue weighted by molar-refractivity contribution is 7.90. The average molecular weight is 515 g/mol. The quantitative estimate of drug-likeness (QED) is 0.389. The molecule has 3 heterocycles. The Bertz CT molecular complexity index is 1520. The van der Waals surface area contributed by atoms with Crippen LogP contribution in [0.3, 0.4) is 0 Å². The number of carbonyl (C=O) groups excluding carboxylic acids is 1. The minimum absolute atomic E-state index is 0.00201. The second-order valence-corrected chi connectivity index (χ2v) is 10.2. The summed E-state index contributed by atoms with van der Waals surface area (Å²) in [5.41, 5.74) is 2.21. The molecule has 0 bridgehead atoms. The number of sulfone groups is 1. The standard InChI is InChI=1S/C24H20ClFN4O4S/c1-30-13-16(24(31)29-19-8-17(25)9-20(10-19)35(2,32)33)7-21(30)23-22(4-3-5-28-23)34-14-15-6-18(26)12-27-11-15/h3-13H,14H2,1-2H3,(H,29,31). The molecule has 0 aliphatic carbocycles. The maximum atomic E-state index is 13.4. The molecule has 0 saturated carbocycles. The molecule has 0 spiro atoms. The van der Waals surface area contributed by atoms with Crippen molar-refractivity contribution < 1.29 is 22.3 Å². The molecular weight excluding hydrogens is 495 g/mol. The Balaban J connectivity index is 1.58. The van der Waals surface area contributed by atoms with Crippen molar-refractivity contribution >= 4 is 33.0 Å². The van der Waals surface area contributed by atoms with E-state index in [1.54, 1.807) is 42.2 Å². The molecule has 180 valence electrons. The molecule has 8 nitrogen and oxygen atoms in total. The number of carbonyl (C=O) groups is 1. The predicted octanol–water partition coefficient (Wildman–Crippen LogP) is 4.51. The molecule has 3 aromatic heterocycles. The molecule has 35 heavy (non-hydrogen) atoms. The largest absolute Gasteiger partial charge is 0.486 e. The number of ether oxygens (including phenoxy) is 1. The number of hydrogen-bond donors (Lipinski definition) is 1. The SMILES string of the molecule is Cn1cc(C(=O)Nc2cc(Cl)cc(S(C)(=O)=O)c2)cc1-c1ncccc1OCc1cncc(F)c1. The third-order valence-corrected chi connectivity index (χ3v) is 6.30. The van der Waals surface area contributed by atoms with Crippen molar-refractivity contribution in [2.75, 3.05) is 11.6 Å². The Morgan fingerprint density at radius 1 is 1.20 bits per heavy atom. The molecule has 0 aliphatic rings. The second kappa shape index (κ2) is 9.85. The van der Waals surface area contributed by atoms with Crippen LogP contribution in [0.2, 0.25) is 5.02 Å². The summed E-state index contributed by atoms with van der Waals surface area (Å²) in [6.45, 7) is 0.0820. The van der Waals surface area contributed by atoms with Gasteiger partial charge in [-0.1, -0.05) is 11.6 Å². The molecule has 1 aromatic carbocycles. The molecule has 4 rings (SSSR count). The Morgan fingerprint density at radius 3 is 2.74 bits per heavy atom. The van der Waals surface area contributed by atoms with Gasteiger partial charge in [-0.15, -0.1) is 0 Å². The van der Waals surface area contributed by atoms with E-state index in [1.165, 1.54) is 30.5 Å². The number of pyridine rings is 2. The minimum atomic E-state index is -3.51. The van der Waals surface area contributed by atoms with Crippen LogP contribution in [0, 0.1) is 5.82 Å². The summed E-state index contributed by atoms with van der Waals surface area (Å²) in [7, 11) is -1.75. The van der Waals surface area contributed by atoms with Gasteiger partial charge in [0.05, 0.1) is 22.3 Å². The Kier molecular flexibility index (Phi) is 6.86. The first-order valence-corrected chi connectivity index (χ1v) is 12.5. The Hall–Kier alpha value is -3.76. The molecule has 0 fully saturated rings. The molecule has 0 unspecified atom stereocenters. The van der Waals surface area contributed by atoms with E-state index in [-0.39, 0.29) is 22.2 Å². The zero-order valence-corrected chi connectivity index (χ0v) is 20.3. The van der Waals surface area contributed by atoms with Crippen molar-refractivity contribution in [1.82, 2.24) is 14.5 Å². The average Bonchev–Trinajstić information content (AvgIpc) is 3.18. The summed E-state index contributed by atoms with van der Waals surface area (Å²) in [6.07, 6.45) is 6.89. The number of amides is 1. The maximum Gasteiger partial charge on any atom is 0.257 e. The minimum Gasteiger partial charge on any atom is -0.486 e. The van der Waals surface area contributed by atoms with E-state index >= 15 is 0 Å². The Labute approximate surface area is 206 Å². The normalized spacial score (nSPS) is 11.3. The van der Waals surface area contributed by atoms with E-state index in [2.05, 4.69) is 15.3 Å². The highest BCUT2D eigenvalue weighted by atomic mass is 35.5. The van der Waals surface area contributed by atoms with Crippen LogP contribution in [0.4, 0.5) is 10.1 Å². The van der Waals surface area contributed by atoms with Crippen LogP contribution < -0.4 is 10.1 Å². The number of rotatable bonds is 7. The molecule has 1 N–H and O–H groups in total. The molecule has 0 saturated heterocycles. The van der Waals surface area contributed by atoms with Gasteiger partial charge in [-0.3, -0.25) is 14.8 Å². The van der Waals surface area contributed by atoms with Crippen molar-refractivity contribution in [2.24, 2.45) is 7.05 Å². The summed E-state index contributed by atoms with van der Waals surface area (Å²) in [4.78, 5) is 21.1. The molecule has 1 amide bonds. The first kappa shape index (κ1) is 24.4. The number of anilines is 1. The van der Waals surface area contributed by atoms with E-state index < -0.39 is 21.6 Å². The van der Waals surface area contributed by atoms with E-state index in [0.29, 0.717) is 28.3 Å². The first-order chi connectivity index (χ1) is 16.6. The fourth-order valence-corrected chi connectivity index (χ4v) is 4.35. The monoisotopic (exact) mass is 514 g/mol. The van der Waals surface area contributed by atoms with E-state index in [1.807, 2.05) is 0 Å². The van der Waals surface area contributed by atoms with Crippen LogP contribution in [-0.4, -0.2) is 35.1 Å². The maximum absolute atomic E-state index is 13.4. The highest BCUT2D eigenvalue weighted by Crippen LogP contribution is 2.30. The number of hydrogen-bond acceptors (Lipinski definition) is 6. The van der Waals surface area contributed by atoms with Crippen LogP contribution in [-0.2, 0) is 23.5 Å². The smallest absolute Gasteiger partial charge is 0.257 e. The first-order valence-electron chi connectivity index (χ1n) is 10.3. The zero-order valence-electron chi connectivity index (χ0n) is 18.7. The lowest BCUT2D eigenvalue weighted by Crippen LogP contribution is -2.11. The van der Waals surface area contributed by atoms with Gasteiger partial charge < -0.3 is 14.6 Å². The van der Waals surface area contributed by atoms with Crippen LogP contribution >= 0.6 is 11.6 Å². The number of aromatic nitrogens is 3. The van der Waals surface area contributed by atoms with Gasteiger partial charge in [0.25, 0.3) is 5.91 Å². The summed E-state index contributed by atoms with van der Waals surface area (Å²) in [5, 5.41) is 2.86. The molecular formula is C24H20ClFN4O4S. The van der Waals surface area contributed by atoms with Crippen molar-refractivity contribution in [3.05, 3.63) is 89.2 Å². The number of nitrogens with one attached hydrogen (secondary N) is 1. The topological polar surface area (TPSA) is 103 Å². The van der Waals surface area contributed by atoms with Crippen LogP contribution in [0.15, 0.2) is 72.1 Å². The number of nitrogens with zero attached hydrogens (tertiary/aromatic N) is 3. The van der Waals surface area contributed by atoms with Gasteiger partial charge in [0.1, 0.15) is 23.9 Å². The molecule has 11 heteroatoms. The van der Waals surface area contributed by atoms with Gasteiger partial charge in [0.15, 0.2) is 9.84 Å². The lowest BCUT2D eigenvalue weighted by Gasteiger charge is -2.11. The van der Waals surface area contributed by atoms with Crippen LogP contribution in [0.1, 0.15) is 15.9 Å². The van der Waals surface area contributed by atoms with Gasteiger partial charge in [-0.05, 0) is 42.5 Å². The van der Waals surface area contributed by atoms with Gasteiger partial charge in [0, 0.05) is 48.2 Å². The third kappa shape index (κ3) is 5.84. The van der Waals surface area contributed by atoms with Crippen LogP contribution in [0.5, 0.6) is 5.75 Å². The third-order valence-electron chi connectivity index (χ3n) is 4.99. The van der Waals surface area contributed by atoms with Crippen molar-refractivity contribution in [3.8, 4) is 17.1 Å². The van der Waals surface area contributed by atoms with Gasteiger partial charge in [-0.2, -0.15) is 0 Å². The molecule has 4 aromatic rings.